The summed E-state index contributed by atoms with van der Waals surface area (Å²) in [4.78, 5) is 11.5. The maximum absolute atomic E-state index is 5.43. The lowest BCUT2D eigenvalue weighted by Crippen LogP contribution is -2.37. The third kappa shape index (κ3) is 4.34. The van der Waals surface area contributed by atoms with Gasteiger partial charge < -0.3 is 14.2 Å². The standard InChI is InChI=1S/C21H24N4O2/c1-26-15-17-8-5-11-25(14-17)20-10-9-18(13-22-20)21-23-19(24-27-21)12-16-6-3-2-4-7-16/h2-4,6-7,9-10,13,17H,5,8,11-12,14-15H2,1H3. The molecule has 27 heavy (non-hydrogen) atoms. The van der Waals surface area contributed by atoms with Crippen molar-refractivity contribution in [3.8, 4) is 11.5 Å². The molecule has 3 heterocycles. The van der Waals surface area contributed by atoms with Gasteiger partial charge in [0.05, 0.1) is 12.2 Å². The number of nitrogens with zero attached hydrogens (tertiary/aromatic N) is 4. The van der Waals surface area contributed by atoms with E-state index in [1.54, 1.807) is 7.11 Å². The number of rotatable bonds is 6. The highest BCUT2D eigenvalue weighted by molar-refractivity contribution is 5.54. The Hall–Kier alpha value is -2.73. The number of benzene rings is 1. The summed E-state index contributed by atoms with van der Waals surface area (Å²) < 4.78 is 10.7. The van der Waals surface area contributed by atoms with Crippen molar-refractivity contribution in [3.63, 3.8) is 0 Å². The Morgan fingerprint density at radius 3 is 2.85 bits per heavy atom. The Bertz CT molecular complexity index is 846. The van der Waals surface area contributed by atoms with Crippen molar-refractivity contribution in [1.29, 1.82) is 0 Å². The summed E-state index contributed by atoms with van der Waals surface area (Å²) in [6, 6.07) is 14.2. The van der Waals surface area contributed by atoms with Gasteiger partial charge in [0.25, 0.3) is 5.89 Å². The molecule has 2 aromatic heterocycles. The molecule has 140 valence electrons. The van der Waals surface area contributed by atoms with Gasteiger partial charge in [-0.05, 0) is 36.5 Å². The van der Waals surface area contributed by atoms with Crippen molar-refractivity contribution in [1.82, 2.24) is 15.1 Å². The molecule has 0 aliphatic carbocycles. The molecule has 1 aromatic carbocycles. The molecule has 1 atom stereocenters. The molecule has 6 nitrogen and oxygen atoms in total. The van der Waals surface area contributed by atoms with Gasteiger partial charge in [0.2, 0.25) is 0 Å². The van der Waals surface area contributed by atoms with E-state index in [4.69, 9.17) is 9.26 Å². The lowest BCUT2D eigenvalue weighted by atomic mass is 9.99. The zero-order valence-electron chi connectivity index (χ0n) is 15.5. The number of methoxy groups -OCH3 is 1. The van der Waals surface area contributed by atoms with Gasteiger partial charge in [-0.2, -0.15) is 4.98 Å². The lowest BCUT2D eigenvalue weighted by molar-refractivity contribution is 0.143. The Labute approximate surface area is 159 Å². The molecular weight excluding hydrogens is 340 g/mol. The number of hydrogen-bond donors (Lipinski definition) is 0. The van der Waals surface area contributed by atoms with Crippen LogP contribution in [0.4, 0.5) is 5.82 Å². The van der Waals surface area contributed by atoms with E-state index in [1.807, 2.05) is 36.5 Å². The molecule has 0 amide bonds. The number of piperidine rings is 1. The molecular formula is C21H24N4O2. The second kappa shape index (κ2) is 8.31. The molecule has 0 N–H and O–H groups in total. The molecule has 1 aliphatic rings. The molecule has 0 radical (unpaired) electrons. The molecule has 1 aliphatic heterocycles. The number of pyridine rings is 1. The first kappa shape index (κ1) is 17.7. The first-order valence-electron chi connectivity index (χ1n) is 9.38. The first-order valence-corrected chi connectivity index (χ1v) is 9.38. The van der Waals surface area contributed by atoms with Crippen LogP contribution >= 0.6 is 0 Å². The fraction of sp³-hybridized carbons (Fsp3) is 0.381. The predicted octanol–water partition coefficient (Wildman–Crippen LogP) is 3.59. The van der Waals surface area contributed by atoms with E-state index in [-0.39, 0.29) is 0 Å². The van der Waals surface area contributed by atoms with Crippen molar-refractivity contribution in [2.24, 2.45) is 5.92 Å². The summed E-state index contributed by atoms with van der Waals surface area (Å²) in [5.74, 6) is 2.75. The molecule has 0 saturated carbocycles. The minimum Gasteiger partial charge on any atom is -0.384 e. The highest BCUT2D eigenvalue weighted by Gasteiger charge is 2.21. The van der Waals surface area contributed by atoms with Crippen LogP contribution in [0.25, 0.3) is 11.5 Å². The van der Waals surface area contributed by atoms with Crippen LogP contribution in [0.1, 0.15) is 24.2 Å². The summed E-state index contributed by atoms with van der Waals surface area (Å²) >= 11 is 0. The molecule has 0 bridgehead atoms. The van der Waals surface area contributed by atoms with E-state index in [9.17, 15) is 0 Å². The minimum atomic E-state index is 0.510. The van der Waals surface area contributed by atoms with Crippen molar-refractivity contribution >= 4 is 5.82 Å². The zero-order valence-corrected chi connectivity index (χ0v) is 15.5. The van der Waals surface area contributed by atoms with Crippen molar-refractivity contribution in [3.05, 3.63) is 60.0 Å². The summed E-state index contributed by atoms with van der Waals surface area (Å²) in [6.07, 6.45) is 4.86. The topological polar surface area (TPSA) is 64.3 Å². The SMILES string of the molecule is COCC1CCCN(c2ccc(-c3nc(Cc4ccccc4)no3)cn2)C1. The van der Waals surface area contributed by atoms with Crippen LogP contribution in [0.5, 0.6) is 0 Å². The number of ether oxygens (including phenoxy) is 1. The number of anilines is 1. The van der Waals surface area contributed by atoms with E-state index < -0.39 is 0 Å². The van der Waals surface area contributed by atoms with Gasteiger partial charge in [-0.3, -0.25) is 0 Å². The average Bonchev–Trinajstić information content (AvgIpc) is 3.18. The van der Waals surface area contributed by atoms with Crippen LogP contribution in [0.2, 0.25) is 0 Å². The fourth-order valence-corrected chi connectivity index (χ4v) is 3.57. The van der Waals surface area contributed by atoms with Gasteiger partial charge in [-0.15, -0.1) is 0 Å². The summed E-state index contributed by atoms with van der Waals surface area (Å²) in [6.45, 7) is 2.83. The maximum Gasteiger partial charge on any atom is 0.259 e. The third-order valence-electron chi connectivity index (χ3n) is 4.91. The summed E-state index contributed by atoms with van der Waals surface area (Å²) in [7, 11) is 1.77. The van der Waals surface area contributed by atoms with Crippen LogP contribution in [0.15, 0.2) is 53.2 Å². The van der Waals surface area contributed by atoms with Crippen LogP contribution in [0, 0.1) is 5.92 Å². The van der Waals surface area contributed by atoms with Crippen LogP contribution < -0.4 is 4.90 Å². The van der Waals surface area contributed by atoms with E-state index in [0.717, 1.165) is 36.6 Å². The minimum absolute atomic E-state index is 0.510. The lowest BCUT2D eigenvalue weighted by Gasteiger charge is -2.33. The van der Waals surface area contributed by atoms with Gasteiger partial charge in [0.15, 0.2) is 5.82 Å². The summed E-state index contributed by atoms with van der Waals surface area (Å²) in [5, 5.41) is 4.09. The normalized spacial score (nSPS) is 17.2. The molecule has 3 aromatic rings. The monoisotopic (exact) mass is 364 g/mol. The Morgan fingerprint density at radius 2 is 2.07 bits per heavy atom. The smallest absolute Gasteiger partial charge is 0.259 e. The highest BCUT2D eigenvalue weighted by Crippen LogP contribution is 2.24. The quantitative estimate of drug-likeness (QED) is 0.666. The molecule has 4 rings (SSSR count). The largest absolute Gasteiger partial charge is 0.384 e. The molecule has 6 heteroatoms. The Morgan fingerprint density at radius 1 is 1.19 bits per heavy atom. The fourth-order valence-electron chi connectivity index (χ4n) is 3.57. The van der Waals surface area contributed by atoms with Crippen molar-refractivity contribution in [2.45, 2.75) is 19.3 Å². The molecule has 1 saturated heterocycles. The number of aromatic nitrogens is 3. The number of hydrogen-bond acceptors (Lipinski definition) is 6. The molecule has 1 unspecified atom stereocenters. The van der Waals surface area contributed by atoms with Gasteiger partial charge in [0, 0.05) is 32.8 Å². The van der Waals surface area contributed by atoms with Crippen molar-refractivity contribution in [2.75, 3.05) is 31.7 Å². The Balaban J connectivity index is 1.43. The van der Waals surface area contributed by atoms with Gasteiger partial charge in [-0.25, -0.2) is 4.98 Å². The maximum atomic E-state index is 5.43. The third-order valence-corrected chi connectivity index (χ3v) is 4.91. The second-order valence-corrected chi connectivity index (χ2v) is 6.99. The first-order chi connectivity index (χ1) is 13.3. The Kier molecular flexibility index (Phi) is 5.44. The molecule has 0 spiro atoms. The highest BCUT2D eigenvalue weighted by atomic mass is 16.5. The van der Waals surface area contributed by atoms with E-state index in [0.29, 0.717) is 24.1 Å². The van der Waals surface area contributed by atoms with Crippen LogP contribution in [-0.2, 0) is 11.2 Å². The second-order valence-electron chi connectivity index (χ2n) is 6.99. The van der Waals surface area contributed by atoms with E-state index in [2.05, 4.69) is 32.2 Å². The van der Waals surface area contributed by atoms with Gasteiger partial charge in [0.1, 0.15) is 5.82 Å². The van der Waals surface area contributed by atoms with Gasteiger partial charge in [-0.1, -0.05) is 35.5 Å². The van der Waals surface area contributed by atoms with Crippen LogP contribution in [0.3, 0.4) is 0 Å². The summed E-state index contributed by atoms with van der Waals surface area (Å²) in [5.41, 5.74) is 2.00. The van der Waals surface area contributed by atoms with Crippen LogP contribution in [-0.4, -0.2) is 41.9 Å². The van der Waals surface area contributed by atoms with Crippen molar-refractivity contribution < 1.29 is 9.26 Å². The van der Waals surface area contributed by atoms with E-state index >= 15 is 0 Å². The molecule has 1 fully saturated rings. The van der Waals surface area contributed by atoms with E-state index in [1.165, 1.54) is 12.8 Å². The zero-order chi connectivity index (χ0) is 18.5. The van der Waals surface area contributed by atoms with Gasteiger partial charge >= 0.3 is 0 Å². The predicted molar refractivity (Wildman–Crippen MR) is 104 cm³/mol. The average molecular weight is 364 g/mol.